The molecule has 34 heavy (non-hydrogen) atoms. The molecule has 1 fully saturated rings. The van der Waals surface area contributed by atoms with Gasteiger partial charge < -0.3 is 9.88 Å². The third kappa shape index (κ3) is 4.29. The number of ketones is 1. The summed E-state index contributed by atoms with van der Waals surface area (Å²) in [6, 6.07) is 11.2. The maximum Gasteiger partial charge on any atom is 0.211 e. The maximum absolute atomic E-state index is 13.2. The van der Waals surface area contributed by atoms with Crippen molar-refractivity contribution in [2.75, 3.05) is 37.3 Å². The molecule has 0 unspecified atom stereocenters. The van der Waals surface area contributed by atoms with Gasteiger partial charge in [0.25, 0.3) is 0 Å². The van der Waals surface area contributed by atoms with E-state index in [0.29, 0.717) is 48.3 Å². The fraction of sp³-hybridized carbons (Fsp3) is 0.208. The number of aromatic amines is 1. The standard InChI is InChI=1S/C24H22FN5O3S/c1-34(32,33)30-10-8-29(9-11-30)22-7-4-17(13-26-22)18-12-20-21(15-28-24(20)27-14-18)23(31)16-2-5-19(25)6-3-16/h2-7,12-15H,8-11H2,1H3,(H,27,28). The smallest absolute Gasteiger partial charge is 0.211 e. The second-order valence-corrected chi connectivity index (χ2v) is 10.2. The quantitative estimate of drug-likeness (QED) is 0.442. The van der Waals surface area contributed by atoms with E-state index in [1.807, 2.05) is 18.2 Å². The maximum atomic E-state index is 13.2. The van der Waals surface area contributed by atoms with Crippen molar-refractivity contribution >= 4 is 32.7 Å². The number of H-pyrrole nitrogens is 1. The van der Waals surface area contributed by atoms with E-state index in [2.05, 4.69) is 19.9 Å². The SMILES string of the molecule is CS(=O)(=O)N1CCN(c2ccc(-c3cnc4[nH]cc(C(=O)c5ccc(F)cc5)c4c3)cn2)CC1. The van der Waals surface area contributed by atoms with Crippen LogP contribution in [0.15, 0.2) is 61.1 Å². The van der Waals surface area contributed by atoms with Crippen LogP contribution < -0.4 is 4.90 Å². The van der Waals surface area contributed by atoms with Gasteiger partial charge in [-0.1, -0.05) is 0 Å². The number of carbonyl (C=O) groups excluding carboxylic acids is 1. The Morgan fingerprint density at radius 1 is 0.971 bits per heavy atom. The minimum absolute atomic E-state index is 0.216. The Hall–Kier alpha value is -3.63. The van der Waals surface area contributed by atoms with Crippen molar-refractivity contribution in [3.8, 4) is 11.1 Å². The molecule has 10 heteroatoms. The van der Waals surface area contributed by atoms with Crippen LogP contribution in [0.1, 0.15) is 15.9 Å². The number of halogens is 1. The first-order valence-corrected chi connectivity index (χ1v) is 12.6. The van der Waals surface area contributed by atoms with E-state index in [4.69, 9.17) is 0 Å². The molecule has 0 spiro atoms. The summed E-state index contributed by atoms with van der Waals surface area (Å²) in [5, 5.41) is 0.674. The van der Waals surface area contributed by atoms with Crippen LogP contribution in [-0.2, 0) is 10.0 Å². The van der Waals surface area contributed by atoms with Crippen molar-refractivity contribution in [3.63, 3.8) is 0 Å². The normalized spacial score (nSPS) is 15.1. The van der Waals surface area contributed by atoms with E-state index in [-0.39, 0.29) is 5.78 Å². The van der Waals surface area contributed by atoms with Gasteiger partial charge in [-0.15, -0.1) is 0 Å². The zero-order valence-corrected chi connectivity index (χ0v) is 19.2. The number of piperazine rings is 1. The molecule has 0 saturated carbocycles. The van der Waals surface area contributed by atoms with Crippen LogP contribution in [0, 0.1) is 5.82 Å². The van der Waals surface area contributed by atoms with Crippen molar-refractivity contribution in [2.45, 2.75) is 0 Å². The number of carbonyl (C=O) groups is 1. The summed E-state index contributed by atoms with van der Waals surface area (Å²) < 4.78 is 38.1. The molecular weight excluding hydrogens is 457 g/mol. The second-order valence-electron chi connectivity index (χ2n) is 8.21. The first kappa shape index (κ1) is 22.2. The van der Waals surface area contributed by atoms with Gasteiger partial charge in [-0.2, -0.15) is 4.31 Å². The second kappa shape index (κ2) is 8.62. The summed E-state index contributed by atoms with van der Waals surface area (Å²) in [7, 11) is -3.18. The van der Waals surface area contributed by atoms with Gasteiger partial charge >= 0.3 is 0 Å². The van der Waals surface area contributed by atoms with Crippen molar-refractivity contribution in [3.05, 3.63) is 78.0 Å². The highest BCUT2D eigenvalue weighted by molar-refractivity contribution is 7.88. The molecule has 1 N–H and O–H groups in total. The number of fused-ring (bicyclic) bond motifs is 1. The molecule has 0 atom stereocenters. The molecule has 0 aliphatic carbocycles. The van der Waals surface area contributed by atoms with Crippen LogP contribution >= 0.6 is 0 Å². The van der Waals surface area contributed by atoms with Crippen molar-refractivity contribution < 1.29 is 17.6 Å². The van der Waals surface area contributed by atoms with Crippen molar-refractivity contribution in [1.29, 1.82) is 0 Å². The number of sulfonamides is 1. The molecule has 3 aromatic heterocycles. The average molecular weight is 480 g/mol. The number of hydrogen-bond donors (Lipinski definition) is 1. The predicted octanol–water partition coefficient (Wildman–Crippen LogP) is 3.08. The Balaban J connectivity index is 1.38. The lowest BCUT2D eigenvalue weighted by Crippen LogP contribution is -2.48. The van der Waals surface area contributed by atoms with Crippen LogP contribution in [-0.4, -0.2) is 65.9 Å². The van der Waals surface area contributed by atoms with E-state index >= 15 is 0 Å². The number of pyridine rings is 2. The Morgan fingerprint density at radius 3 is 2.32 bits per heavy atom. The summed E-state index contributed by atoms with van der Waals surface area (Å²) in [4.78, 5) is 27.0. The van der Waals surface area contributed by atoms with Gasteiger partial charge in [0.2, 0.25) is 10.0 Å². The van der Waals surface area contributed by atoms with Crippen molar-refractivity contribution in [2.24, 2.45) is 0 Å². The molecule has 1 aromatic carbocycles. The minimum atomic E-state index is -3.18. The number of anilines is 1. The molecule has 1 aliphatic rings. The molecule has 4 aromatic rings. The largest absolute Gasteiger partial charge is 0.354 e. The Labute approximate surface area is 196 Å². The van der Waals surface area contributed by atoms with Gasteiger partial charge in [-0.05, 0) is 42.5 Å². The average Bonchev–Trinajstić information content (AvgIpc) is 3.27. The highest BCUT2D eigenvalue weighted by Crippen LogP contribution is 2.27. The number of hydrogen-bond acceptors (Lipinski definition) is 6. The predicted molar refractivity (Wildman–Crippen MR) is 128 cm³/mol. The third-order valence-corrected chi connectivity index (χ3v) is 7.30. The monoisotopic (exact) mass is 479 g/mol. The lowest BCUT2D eigenvalue weighted by Gasteiger charge is -2.34. The van der Waals surface area contributed by atoms with Crippen LogP contribution in [0.4, 0.5) is 10.2 Å². The molecule has 1 saturated heterocycles. The summed E-state index contributed by atoms with van der Waals surface area (Å²) in [6.07, 6.45) is 6.30. The van der Waals surface area contributed by atoms with Gasteiger partial charge in [0.15, 0.2) is 5.78 Å². The Morgan fingerprint density at radius 2 is 1.68 bits per heavy atom. The van der Waals surface area contributed by atoms with Crippen molar-refractivity contribution in [1.82, 2.24) is 19.3 Å². The lowest BCUT2D eigenvalue weighted by atomic mass is 10.0. The molecular formula is C24H22FN5O3S. The number of aromatic nitrogens is 3. The Bertz CT molecular complexity index is 1460. The van der Waals surface area contributed by atoms with Gasteiger partial charge in [0.1, 0.15) is 17.3 Å². The summed E-state index contributed by atoms with van der Waals surface area (Å²) >= 11 is 0. The zero-order chi connectivity index (χ0) is 23.9. The van der Waals surface area contributed by atoms with E-state index in [0.717, 1.165) is 16.9 Å². The third-order valence-electron chi connectivity index (χ3n) is 5.99. The van der Waals surface area contributed by atoms with Gasteiger partial charge in [0, 0.05) is 72.4 Å². The van der Waals surface area contributed by atoms with Crippen LogP contribution in [0.5, 0.6) is 0 Å². The molecule has 1 aliphatic heterocycles. The molecule has 5 rings (SSSR count). The van der Waals surface area contributed by atoms with E-state index in [1.54, 1.807) is 18.6 Å². The fourth-order valence-electron chi connectivity index (χ4n) is 4.10. The van der Waals surface area contributed by atoms with Crippen LogP contribution in [0.2, 0.25) is 0 Å². The van der Waals surface area contributed by atoms with Gasteiger partial charge in [-0.3, -0.25) is 4.79 Å². The lowest BCUT2D eigenvalue weighted by molar-refractivity contribution is 0.104. The first-order valence-electron chi connectivity index (χ1n) is 10.7. The number of rotatable bonds is 5. The molecule has 4 heterocycles. The molecule has 0 radical (unpaired) electrons. The van der Waals surface area contributed by atoms with E-state index in [9.17, 15) is 17.6 Å². The number of nitrogens with one attached hydrogen (secondary N) is 1. The summed E-state index contributed by atoms with van der Waals surface area (Å²) in [5.41, 5.74) is 3.09. The molecule has 8 nitrogen and oxygen atoms in total. The summed E-state index contributed by atoms with van der Waals surface area (Å²) in [6.45, 7) is 2.01. The van der Waals surface area contributed by atoms with Crippen LogP contribution in [0.25, 0.3) is 22.2 Å². The molecule has 0 bridgehead atoms. The molecule has 174 valence electrons. The number of nitrogens with zero attached hydrogens (tertiary/aromatic N) is 4. The summed E-state index contributed by atoms with van der Waals surface area (Å²) in [5.74, 6) is 0.166. The minimum Gasteiger partial charge on any atom is -0.354 e. The first-order chi connectivity index (χ1) is 16.3. The fourth-order valence-corrected chi connectivity index (χ4v) is 4.93. The number of benzene rings is 1. The van der Waals surface area contributed by atoms with Crippen LogP contribution in [0.3, 0.4) is 0 Å². The molecule has 0 amide bonds. The van der Waals surface area contributed by atoms with Gasteiger partial charge in [-0.25, -0.2) is 22.8 Å². The van der Waals surface area contributed by atoms with E-state index in [1.165, 1.54) is 34.8 Å². The van der Waals surface area contributed by atoms with E-state index < -0.39 is 15.8 Å². The highest BCUT2D eigenvalue weighted by atomic mass is 32.2. The van der Waals surface area contributed by atoms with Gasteiger partial charge in [0.05, 0.1) is 6.26 Å². The highest BCUT2D eigenvalue weighted by Gasteiger charge is 2.24. The topological polar surface area (TPSA) is 99.3 Å². The zero-order valence-electron chi connectivity index (χ0n) is 18.4. The Kier molecular flexibility index (Phi) is 5.62.